The SMILES string of the molecule is O=S1CCN(CC2CC3CCCCC3N2)CC1. The zero-order valence-corrected chi connectivity index (χ0v) is 11.4. The molecule has 1 N–H and O–H groups in total. The van der Waals surface area contributed by atoms with Crippen LogP contribution in [0.15, 0.2) is 0 Å². The zero-order valence-electron chi connectivity index (χ0n) is 10.6. The lowest BCUT2D eigenvalue weighted by Gasteiger charge is -2.29. The third-order valence-corrected chi connectivity index (χ3v) is 5.97. The highest BCUT2D eigenvalue weighted by atomic mass is 32.2. The molecule has 3 fully saturated rings. The van der Waals surface area contributed by atoms with Gasteiger partial charge in [0.15, 0.2) is 0 Å². The predicted octanol–water partition coefficient (Wildman–Crippen LogP) is 0.971. The molecule has 0 spiro atoms. The van der Waals surface area contributed by atoms with E-state index in [9.17, 15) is 4.21 Å². The van der Waals surface area contributed by atoms with Crippen LogP contribution in [0.3, 0.4) is 0 Å². The lowest BCUT2D eigenvalue weighted by atomic mass is 9.85. The summed E-state index contributed by atoms with van der Waals surface area (Å²) in [4.78, 5) is 2.51. The number of nitrogens with one attached hydrogen (secondary N) is 1. The quantitative estimate of drug-likeness (QED) is 0.799. The van der Waals surface area contributed by atoms with Gasteiger partial charge in [0.05, 0.1) is 0 Å². The Morgan fingerprint density at radius 3 is 2.71 bits per heavy atom. The van der Waals surface area contributed by atoms with Gasteiger partial charge in [0.25, 0.3) is 0 Å². The van der Waals surface area contributed by atoms with Gasteiger partial charge in [-0.2, -0.15) is 0 Å². The van der Waals surface area contributed by atoms with Gasteiger partial charge in [-0.1, -0.05) is 12.8 Å². The Hall–Kier alpha value is 0.0700. The molecule has 0 aromatic rings. The number of fused-ring (bicyclic) bond motifs is 1. The van der Waals surface area contributed by atoms with Crippen molar-refractivity contribution < 1.29 is 4.21 Å². The average Bonchev–Trinajstić information content (AvgIpc) is 2.74. The van der Waals surface area contributed by atoms with Crippen LogP contribution in [0, 0.1) is 5.92 Å². The Bertz CT molecular complexity index is 273. The maximum Gasteiger partial charge on any atom is 0.0363 e. The van der Waals surface area contributed by atoms with Crippen molar-refractivity contribution in [1.82, 2.24) is 10.2 Å². The third kappa shape index (κ3) is 2.91. The number of hydrogen-bond acceptors (Lipinski definition) is 3. The molecule has 3 atom stereocenters. The largest absolute Gasteiger partial charge is 0.310 e. The summed E-state index contributed by atoms with van der Waals surface area (Å²) in [5, 5.41) is 3.83. The molecule has 98 valence electrons. The maximum atomic E-state index is 11.3. The topological polar surface area (TPSA) is 32.3 Å². The van der Waals surface area contributed by atoms with Gasteiger partial charge in [-0.25, -0.2) is 0 Å². The van der Waals surface area contributed by atoms with E-state index in [-0.39, 0.29) is 0 Å². The first-order valence-corrected chi connectivity index (χ1v) is 8.63. The highest BCUT2D eigenvalue weighted by Gasteiger charge is 2.35. The van der Waals surface area contributed by atoms with Crippen LogP contribution >= 0.6 is 0 Å². The van der Waals surface area contributed by atoms with Gasteiger partial charge in [0.1, 0.15) is 0 Å². The lowest BCUT2D eigenvalue weighted by molar-refractivity contribution is 0.267. The molecule has 0 aromatic carbocycles. The van der Waals surface area contributed by atoms with Gasteiger partial charge in [0, 0.05) is 54.0 Å². The third-order valence-electron chi connectivity index (χ3n) is 4.70. The first-order chi connectivity index (χ1) is 8.31. The minimum Gasteiger partial charge on any atom is -0.310 e. The van der Waals surface area contributed by atoms with Crippen LogP contribution in [0.5, 0.6) is 0 Å². The summed E-state index contributed by atoms with van der Waals surface area (Å²) < 4.78 is 11.3. The Morgan fingerprint density at radius 2 is 1.94 bits per heavy atom. The Morgan fingerprint density at radius 1 is 1.18 bits per heavy atom. The smallest absolute Gasteiger partial charge is 0.0363 e. The van der Waals surface area contributed by atoms with Crippen molar-refractivity contribution in [2.24, 2.45) is 5.92 Å². The second-order valence-corrected chi connectivity index (χ2v) is 7.60. The summed E-state index contributed by atoms with van der Waals surface area (Å²) in [6.07, 6.45) is 7.08. The molecule has 3 unspecified atom stereocenters. The summed E-state index contributed by atoms with van der Waals surface area (Å²) in [6, 6.07) is 1.52. The molecule has 2 aliphatic heterocycles. The second kappa shape index (κ2) is 5.37. The van der Waals surface area contributed by atoms with E-state index >= 15 is 0 Å². The van der Waals surface area contributed by atoms with Crippen molar-refractivity contribution >= 4 is 10.8 Å². The zero-order chi connectivity index (χ0) is 11.7. The van der Waals surface area contributed by atoms with Crippen molar-refractivity contribution in [3.63, 3.8) is 0 Å². The highest BCUT2D eigenvalue weighted by Crippen LogP contribution is 2.33. The molecule has 3 rings (SSSR count). The minimum absolute atomic E-state index is 0.533. The summed E-state index contributed by atoms with van der Waals surface area (Å²) in [5.74, 6) is 2.73. The molecule has 1 saturated carbocycles. The monoisotopic (exact) mass is 256 g/mol. The van der Waals surface area contributed by atoms with Gasteiger partial charge in [0.2, 0.25) is 0 Å². The molecular formula is C13H24N2OS. The van der Waals surface area contributed by atoms with Crippen LogP contribution in [0.2, 0.25) is 0 Å². The van der Waals surface area contributed by atoms with Gasteiger partial charge < -0.3 is 5.32 Å². The Kier molecular flexibility index (Phi) is 3.83. The fourth-order valence-corrected chi connectivity index (χ4v) is 4.87. The van der Waals surface area contributed by atoms with Crippen LogP contribution in [0.4, 0.5) is 0 Å². The average molecular weight is 256 g/mol. The van der Waals surface area contributed by atoms with E-state index in [4.69, 9.17) is 0 Å². The first-order valence-electron chi connectivity index (χ1n) is 7.14. The van der Waals surface area contributed by atoms with E-state index in [1.807, 2.05) is 0 Å². The first kappa shape index (κ1) is 12.1. The molecule has 0 radical (unpaired) electrons. The summed E-state index contributed by atoms with van der Waals surface area (Å²) in [6.45, 7) is 3.27. The normalized spacial score (nSPS) is 40.4. The molecule has 1 aliphatic carbocycles. The molecule has 0 amide bonds. The molecule has 0 aromatic heterocycles. The van der Waals surface area contributed by atoms with E-state index < -0.39 is 10.8 Å². The van der Waals surface area contributed by atoms with Gasteiger partial charge in [-0.05, 0) is 25.2 Å². The summed E-state index contributed by atoms with van der Waals surface area (Å²) >= 11 is 0. The number of rotatable bonds is 2. The fourth-order valence-electron chi connectivity index (χ4n) is 3.74. The van der Waals surface area contributed by atoms with Crippen LogP contribution in [-0.4, -0.2) is 52.3 Å². The van der Waals surface area contributed by atoms with Crippen molar-refractivity contribution in [1.29, 1.82) is 0 Å². The summed E-state index contributed by atoms with van der Waals surface area (Å²) in [5.41, 5.74) is 0. The molecule has 3 nitrogen and oxygen atoms in total. The van der Waals surface area contributed by atoms with Gasteiger partial charge >= 0.3 is 0 Å². The standard InChI is InChI=1S/C13H24N2OS/c16-17-7-5-15(6-8-17)10-12-9-11-3-1-2-4-13(11)14-12/h11-14H,1-10H2. The van der Waals surface area contributed by atoms with Crippen molar-refractivity contribution in [2.75, 3.05) is 31.1 Å². The maximum absolute atomic E-state index is 11.3. The molecule has 17 heavy (non-hydrogen) atoms. The van der Waals surface area contributed by atoms with E-state index in [2.05, 4.69) is 10.2 Å². The van der Waals surface area contributed by atoms with Crippen molar-refractivity contribution in [3.8, 4) is 0 Å². The van der Waals surface area contributed by atoms with Gasteiger partial charge in [-0.15, -0.1) is 0 Å². The van der Waals surface area contributed by atoms with E-state index in [1.54, 1.807) is 0 Å². The fraction of sp³-hybridized carbons (Fsp3) is 1.00. The van der Waals surface area contributed by atoms with Crippen LogP contribution in [0.1, 0.15) is 32.1 Å². The molecular weight excluding hydrogens is 232 g/mol. The van der Waals surface area contributed by atoms with Crippen LogP contribution in [0.25, 0.3) is 0 Å². The molecule has 2 heterocycles. The van der Waals surface area contributed by atoms with Crippen LogP contribution in [-0.2, 0) is 10.8 Å². The molecule has 3 aliphatic rings. The summed E-state index contributed by atoms with van der Waals surface area (Å²) in [7, 11) is -0.533. The molecule has 2 saturated heterocycles. The highest BCUT2D eigenvalue weighted by molar-refractivity contribution is 7.85. The Balaban J connectivity index is 1.48. The number of hydrogen-bond donors (Lipinski definition) is 1. The molecule has 4 heteroatoms. The van der Waals surface area contributed by atoms with Crippen LogP contribution < -0.4 is 5.32 Å². The van der Waals surface area contributed by atoms with Crippen molar-refractivity contribution in [2.45, 2.75) is 44.2 Å². The second-order valence-electron chi connectivity index (χ2n) is 5.90. The van der Waals surface area contributed by atoms with Crippen molar-refractivity contribution in [3.05, 3.63) is 0 Å². The Labute approximate surface area is 107 Å². The lowest BCUT2D eigenvalue weighted by Crippen LogP contribution is -2.45. The molecule has 0 bridgehead atoms. The predicted molar refractivity (Wildman–Crippen MR) is 71.6 cm³/mol. The minimum atomic E-state index is -0.533. The van der Waals surface area contributed by atoms with E-state index in [0.717, 1.165) is 36.6 Å². The number of nitrogens with zero attached hydrogens (tertiary/aromatic N) is 1. The van der Waals surface area contributed by atoms with E-state index in [1.165, 1.54) is 38.6 Å². The van der Waals surface area contributed by atoms with E-state index in [0.29, 0.717) is 6.04 Å². The van der Waals surface area contributed by atoms with Gasteiger partial charge in [-0.3, -0.25) is 9.11 Å².